The van der Waals surface area contributed by atoms with Crippen LogP contribution >= 0.6 is 0 Å². The van der Waals surface area contributed by atoms with Crippen LogP contribution in [0.1, 0.15) is 0 Å². The summed E-state index contributed by atoms with van der Waals surface area (Å²) in [6.45, 7) is 2.87. The van der Waals surface area contributed by atoms with Crippen LogP contribution in [0.15, 0.2) is 12.7 Å². The minimum Gasteiger partial charge on any atom is -0.261 e. The second kappa shape index (κ2) is 2.28. The van der Waals surface area contributed by atoms with Crippen molar-refractivity contribution in [2.24, 2.45) is 0 Å². The van der Waals surface area contributed by atoms with E-state index in [-0.39, 0.29) is 0 Å². The molecule has 0 saturated heterocycles. The maximum absolute atomic E-state index is 11.4. The lowest BCUT2D eigenvalue weighted by molar-refractivity contribution is -0.538. The molecule has 0 aliphatic rings. The molecular weight excluding hydrogens is 101 g/mol. The summed E-state index contributed by atoms with van der Waals surface area (Å²) in [5.41, 5.74) is 0. The fraction of sp³-hybridized carbons (Fsp3) is 0.333. The highest BCUT2D eigenvalue weighted by atomic mass is 19.1. The van der Waals surface area contributed by atoms with Gasteiger partial charge in [-0.05, 0) is 0 Å². The Hall–Kier alpha value is -0.930. The number of halogens is 1. The standard InChI is InChI=1S/C3H4FNO2/c1-2-3(4)5(6)7/h2-3H,1H2. The van der Waals surface area contributed by atoms with E-state index in [4.69, 9.17) is 0 Å². The maximum atomic E-state index is 11.4. The summed E-state index contributed by atoms with van der Waals surface area (Å²) in [5.74, 6) is 0. The molecule has 0 aliphatic carbocycles. The van der Waals surface area contributed by atoms with Gasteiger partial charge in [0.2, 0.25) is 0 Å². The Morgan fingerprint density at radius 2 is 2.43 bits per heavy atom. The molecule has 4 heteroatoms. The highest BCUT2D eigenvalue weighted by Crippen LogP contribution is 1.89. The maximum Gasteiger partial charge on any atom is 0.368 e. The third-order valence-electron chi connectivity index (χ3n) is 0.396. The van der Waals surface area contributed by atoms with Crippen LogP contribution in [0.4, 0.5) is 4.39 Å². The Morgan fingerprint density at radius 1 is 2.00 bits per heavy atom. The van der Waals surface area contributed by atoms with Gasteiger partial charge in [0.15, 0.2) is 0 Å². The Labute approximate surface area is 39.6 Å². The smallest absolute Gasteiger partial charge is 0.261 e. The van der Waals surface area contributed by atoms with E-state index in [9.17, 15) is 14.5 Å². The fourth-order valence-corrected chi connectivity index (χ4v) is 0.0861. The Kier molecular flexibility index (Phi) is 1.98. The molecule has 7 heavy (non-hydrogen) atoms. The molecule has 0 saturated carbocycles. The highest BCUT2D eigenvalue weighted by molar-refractivity contribution is 4.68. The van der Waals surface area contributed by atoms with Gasteiger partial charge in [-0.15, -0.1) is 0 Å². The molecule has 0 aliphatic heterocycles. The minimum atomic E-state index is -2.11. The number of nitro groups is 1. The average molecular weight is 105 g/mol. The lowest BCUT2D eigenvalue weighted by Crippen LogP contribution is -2.08. The summed E-state index contributed by atoms with van der Waals surface area (Å²) in [6.07, 6.45) is -1.49. The van der Waals surface area contributed by atoms with Gasteiger partial charge in [-0.25, -0.2) is 0 Å². The van der Waals surface area contributed by atoms with Crippen molar-refractivity contribution in [2.75, 3.05) is 0 Å². The third kappa shape index (κ3) is 1.86. The van der Waals surface area contributed by atoms with Gasteiger partial charge in [0.25, 0.3) is 0 Å². The first-order valence-electron chi connectivity index (χ1n) is 1.58. The first-order valence-corrected chi connectivity index (χ1v) is 1.58. The third-order valence-corrected chi connectivity index (χ3v) is 0.396. The Balaban J connectivity index is 3.55. The average Bonchev–Trinajstić information content (AvgIpc) is 1.65. The van der Waals surface area contributed by atoms with Gasteiger partial charge < -0.3 is 0 Å². The molecule has 0 spiro atoms. The van der Waals surface area contributed by atoms with E-state index in [0.717, 1.165) is 0 Å². The zero-order valence-electron chi connectivity index (χ0n) is 3.50. The lowest BCUT2D eigenvalue weighted by atomic mass is 10.6. The first kappa shape index (κ1) is 6.07. The van der Waals surface area contributed by atoms with Crippen LogP contribution in [-0.4, -0.2) is 11.2 Å². The fourth-order valence-electron chi connectivity index (χ4n) is 0.0861. The van der Waals surface area contributed by atoms with Crippen molar-refractivity contribution in [3.05, 3.63) is 22.8 Å². The van der Waals surface area contributed by atoms with Crippen LogP contribution in [0.5, 0.6) is 0 Å². The number of hydrogen-bond acceptors (Lipinski definition) is 2. The molecule has 0 aromatic carbocycles. The number of rotatable bonds is 2. The van der Waals surface area contributed by atoms with Gasteiger partial charge in [0, 0.05) is 6.08 Å². The molecule has 0 aromatic heterocycles. The van der Waals surface area contributed by atoms with Gasteiger partial charge in [0.05, 0.1) is 4.92 Å². The number of hydrogen-bond donors (Lipinski definition) is 0. The van der Waals surface area contributed by atoms with E-state index in [1.165, 1.54) is 0 Å². The summed E-state index contributed by atoms with van der Waals surface area (Å²) < 4.78 is 11.4. The predicted molar refractivity (Wildman–Crippen MR) is 22.1 cm³/mol. The molecule has 0 rings (SSSR count). The van der Waals surface area contributed by atoms with E-state index < -0.39 is 11.2 Å². The topological polar surface area (TPSA) is 43.1 Å². The molecule has 1 unspecified atom stereocenters. The quantitative estimate of drug-likeness (QED) is 0.225. The van der Waals surface area contributed by atoms with Crippen LogP contribution in [0.25, 0.3) is 0 Å². The van der Waals surface area contributed by atoms with Crippen LogP contribution < -0.4 is 0 Å². The van der Waals surface area contributed by atoms with Crippen LogP contribution in [0.3, 0.4) is 0 Å². The van der Waals surface area contributed by atoms with E-state index >= 15 is 0 Å². The van der Waals surface area contributed by atoms with Crippen molar-refractivity contribution >= 4 is 0 Å². The lowest BCUT2D eigenvalue weighted by Gasteiger charge is -1.86. The SMILES string of the molecule is C=CC(F)[N+](=O)[O-]. The summed E-state index contributed by atoms with van der Waals surface area (Å²) in [7, 11) is 0. The number of nitrogens with zero attached hydrogens (tertiary/aromatic N) is 1. The van der Waals surface area contributed by atoms with Crippen molar-refractivity contribution in [3.63, 3.8) is 0 Å². The summed E-state index contributed by atoms with van der Waals surface area (Å²) in [5, 5.41) is 9.29. The van der Waals surface area contributed by atoms with E-state index in [2.05, 4.69) is 6.58 Å². The molecule has 40 valence electrons. The van der Waals surface area contributed by atoms with Crippen LogP contribution in [0.2, 0.25) is 0 Å². The highest BCUT2D eigenvalue weighted by Gasteiger charge is 2.08. The largest absolute Gasteiger partial charge is 0.368 e. The first-order chi connectivity index (χ1) is 3.18. The minimum absolute atomic E-state index is 0.625. The van der Waals surface area contributed by atoms with Gasteiger partial charge >= 0.3 is 6.30 Å². The Bertz CT molecular complexity index is 92.9. The van der Waals surface area contributed by atoms with Crippen molar-refractivity contribution in [2.45, 2.75) is 6.30 Å². The van der Waals surface area contributed by atoms with Crippen molar-refractivity contribution in [3.8, 4) is 0 Å². The van der Waals surface area contributed by atoms with E-state index in [0.29, 0.717) is 6.08 Å². The molecule has 0 amide bonds. The van der Waals surface area contributed by atoms with Gasteiger partial charge in [-0.1, -0.05) is 6.58 Å². The normalized spacial score (nSPS) is 12.7. The van der Waals surface area contributed by atoms with Crippen molar-refractivity contribution in [1.29, 1.82) is 0 Å². The second-order valence-electron chi connectivity index (χ2n) is 0.894. The van der Waals surface area contributed by atoms with Gasteiger partial charge in [-0.3, -0.25) is 10.1 Å². The van der Waals surface area contributed by atoms with Crippen LogP contribution in [0, 0.1) is 10.1 Å². The second-order valence-corrected chi connectivity index (χ2v) is 0.894. The molecule has 0 fully saturated rings. The molecule has 0 bridgehead atoms. The van der Waals surface area contributed by atoms with E-state index in [1.807, 2.05) is 0 Å². The van der Waals surface area contributed by atoms with Crippen molar-refractivity contribution < 1.29 is 9.31 Å². The number of alkyl halides is 1. The van der Waals surface area contributed by atoms with Gasteiger partial charge in [-0.2, -0.15) is 4.39 Å². The molecule has 0 heterocycles. The zero-order valence-corrected chi connectivity index (χ0v) is 3.50. The molecule has 0 N–H and O–H groups in total. The molecular formula is C3H4FNO2. The Morgan fingerprint density at radius 3 is 2.43 bits per heavy atom. The molecule has 1 atom stereocenters. The summed E-state index contributed by atoms with van der Waals surface area (Å²) >= 11 is 0. The predicted octanol–water partition coefficient (Wildman–Crippen LogP) is 0.745. The summed E-state index contributed by atoms with van der Waals surface area (Å²) in [4.78, 5) is 8.23. The van der Waals surface area contributed by atoms with Crippen molar-refractivity contribution in [1.82, 2.24) is 0 Å². The van der Waals surface area contributed by atoms with Crippen LogP contribution in [-0.2, 0) is 0 Å². The monoisotopic (exact) mass is 105 g/mol. The molecule has 0 radical (unpaired) electrons. The summed E-state index contributed by atoms with van der Waals surface area (Å²) in [6, 6.07) is 0. The van der Waals surface area contributed by atoms with E-state index in [1.54, 1.807) is 0 Å². The zero-order chi connectivity index (χ0) is 5.86. The molecule has 3 nitrogen and oxygen atoms in total. The molecule has 0 aromatic rings. The van der Waals surface area contributed by atoms with Gasteiger partial charge in [0.1, 0.15) is 0 Å².